The number of carbonyl (C=O) groups is 2. The van der Waals surface area contributed by atoms with Gasteiger partial charge in [0.25, 0.3) is 0 Å². The van der Waals surface area contributed by atoms with Crippen LogP contribution in [0.25, 0.3) is 0 Å². The third-order valence-electron chi connectivity index (χ3n) is 10.1. The molecule has 6 atom stereocenters. The van der Waals surface area contributed by atoms with E-state index in [1.807, 2.05) is 30.3 Å². The highest BCUT2D eigenvalue weighted by atomic mass is 16.5. The molecule has 4 fully saturated rings. The van der Waals surface area contributed by atoms with E-state index in [-0.39, 0.29) is 22.2 Å². The van der Waals surface area contributed by atoms with Crippen LogP contribution in [0, 0.1) is 33.5 Å². The van der Waals surface area contributed by atoms with Gasteiger partial charge in [-0.2, -0.15) is 0 Å². The Kier molecular flexibility index (Phi) is 4.60. The molecule has 1 aromatic rings. The lowest BCUT2D eigenvalue weighted by molar-refractivity contribution is -0.185. The van der Waals surface area contributed by atoms with Crippen molar-refractivity contribution in [2.45, 2.75) is 78.7 Å². The third kappa shape index (κ3) is 2.77. The molecule has 0 aromatic heterocycles. The molecule has 2 bridgehead atoms. The summed E-state index contributed by atoms with van der Waals surface area (Å²) in [5, 5.41) is 0. The van der Waals surface area contributed by atoms with Crippen molar-refractivity contribution >= 4 is 11.8 Å². The van der Waals surface area contributed by atoms with E-state index < -0.39 is 5.41 Å². The van der Waals surface area contributed by atoms with Crippen molar-refractivity contribution in [3.8, 4) is 0 Å². The van der Waals surface area contributed by atoms with Gasteiger partial charge in [0.15, 0.2) is 5.78 Å². The molecule has 1 aromatic carbocycles. The molecule has 1 unspecified atom stereocenters. The standard InChI is InChI=1S/C28H36O3/c1-19-23(29)25(2)15-11-22-26(3)13-8-14-27(4,21(26)12-16-28(19,22)18-25)24(30)31-17-20-9-6-5-7-10-20/h5-7,9-10,21-22H,1,8,11-18H2,2-4H3/t21?,22-,25-,26+,27+,28+/m0/s1. The molecule has 0 amide bonds. The summed E-state index contributed by atoms with van der Waals surface area (Å²) in [6.45, 7) is 11.4. The van der Waals surface area contributed by atoms with Crippen molar-refractivity contribution in [3.63, 3.8) is 0 Å². The van der Waals surface area contributed by atoms with E-state index in [1.165, 1.54) is 0 Å². The van der Waals surface area contributed by atoms with Crippen LogP contribution >= 0.6 is 0 Å². The van der Waals surface area contributed by atoms with Gasteiger partial charge in [0, 0.05) is 10.8 Å². The summed E-state index contributed by atoms with van der Waals surface area (Å²) < 4.78 is 5.90. The summed E-state index contributed by atoms with van der Waals surface area (Å²) in [4.78, 5) is 26.6. The fourth-order valence-electron chi connectivity index (χ4n) is 8.63. The third-order valence-corrected chi connectivity index (χ3v) is 10.1. The Bertz CT molecular complexity index is 935. The first-order valence-electron chi connectivity index (χ1n) is 12.1. The summed E-state index contributed by atoms with van der Waals surface area (Å²) in [6.07, 6.45) is 8.11. The van der Waals surface area contributed by atoms with Crippen molar-refractivity contribution in [3.05, 3.63) is 48.0 Å². The number of rotatable bonds is 3. The molecule has 0 radical (unpaired) electrons. The smallest absolute Gasteiger partial charge is 0.312 e. The molecule has 4 saturated carbocycles. The molecule has 4 aliphatic carbocycles. The van der Waals surface area contributed by atoms with E-state index in [9.17, 15) is 9.59 Å². The summed E-state index contributed by atoms with van der Waals surface area (Å²) in [5.74, 6) is 1.04. The van der Waals surface area contributed by atoms with Crippen LogP contribution in [0.15, 0.2) is 42.5 Å². The Labute approximate surface area is 186 Å². The molecular formula is C28H36O3. The zero-order valence-corrected chi connectivity index (χ0v) is 19.3. The zero-order chi connectivity index (χ0) is 22.1. The molecule has 0 saturated heterocycles. The van der Waals surface area contributed by atoms with Crippen LogP contribution < -0.4 is 0 Å². The van der Waals surface area contributed by atoms with Gasteiger partial charge in [0.2, 0.25) is 0 Å². The number of esters is 1. The second-order valence-electron chi connectivity index (χ2n) is 11.7. The fourth-order valence-corrected chi connectivity index (χ4v) is 8.63. The van der Waals surface area contributed by atoms with Crippen molar-refractivity contribution < 1.29 is 14.3 Å². The van der Waals surface area contributed by atoms with Gasteiger partial charge >= 0.3 is 5.97 Å². The number of carbonyl (C=O) groups excluding carboxylic acids is 2. The van der Waals surface area contributed by atoms with Crippen molar-refractivity contribution in [2.24, 2.45) is 33.5 Å². The molecule has 0 N–H and O–H groups in total. The Morgan fingerprint density at radius 2 is 1.74 bits per heavy atom. The highest BCUT2D eigenvalue weighted by molar-refractivity contribution is 6.03. The first-order valence-corrected chi connectivity index (χ1v) is 12.1. The summed E-state index contributed by atoms with van der Waals surface area (Å²) >= 11 is 0. The van der Waals surface area contributed by atoms with Crippen LogP contribution in [0.5, 0.6) is 0 Å². The number of Topliss-reactive ketones (excluding diaryl/α,β-unsaturated/α-hetero) is 1. The Hall–Kier alpha value is -1.90. The maximum Gasteiger partial charge on any atom is 0.312 e. The molecule has 4 aliphatic rings. The van der Waals surface area contributed by atoms with E-state index >= 15 is 0 Å². The summed E-state index contributed by atoms with van der Waals surface area (Å²) in [6, 6.07) is 9.96. The van der Waals surface area contributed by atoms with Gasteiger partial charge in [-0.05, 0) is 80.3 Å². The lowest BCUT2D eigenvalue weighted by Crippen LogP contribution is -2.59. The van der Waals surface area contributed by atoms with Crippen LogP contribution in [-0.2, 0) is 20.9 Å². The van der Waals surface area contributed by atoms with E-state index in [2.05, 4.69) is 27.4 Å². The molecule has 5 rings (SSSR count). The molecule has 31 heavy (non-hydrogen) atoms. The Morgan fingerprint density at radius 1 is 1.03 bits per heavy atom. The maximum atomic E-state index is 13.5. The summed E-state index contributed by atoms with van der Waals surface area (Å²) in [7, 11) is 0. The fraction of sp³-hybridized carbons (Fsp3) is 0.643. The topological polar surface area (TPSA) is 43.4 Å². The lowest BCUT2D eigenvalue weighted by Gasteiger charge is -2.63. The maximum absolute atomic E-state index is 13.5. The van der Waals surface area contributed by atoms with Crippen molar-refractivity contribution in [1.82, 2.24) is 0 Å². The predicted molar refractivity (Wildman–Crippen MR) is 121 cm³/mol. The number of fused-ring (bicyclic) bond motifs is 3. The minimum absolute atomic E-state index is 0.0369. The van der Waals surface area contributed by atoms with Crippen LogP contribution in [0.1, 0.15) is 77.7 Å². The average Bonchev–Trinajstić information content (AvgIpc) is 2.89. The highest BCUT2D eigenvalue weighted by Gasteiger charge is 2.69. The van der Waals surface area contributed by atoms with Crippen LogP contribution in [-0.4, -0.2) is 11.8 Å². The van der Waals surface area contributed by atoms with Crippen molar-refractivity contribution in [1.29, 1.82) is 0 Å². The lowest BCUT2D eigenvalue weighted by atomic mass is 9.40. The molecular weight excluding hydrogens is 384 g/mol. The minimum atomic E-state index is -0.450. The number of benzene rings is 1. The number of hydrogen-bond donors (Lipinski definition) is 0. The first kappa shape index (κ1) is 21.0. The van der Waals surface area contributed by atoms with Gasteiger partial charge in [-0.15, -0.1) is 0 Å². The van der Waals surface area contributed by atoms with Crippen molar-refractivity contribution in [2.75, 3.05) is 0 Å². The average molecular weight is 421 g/mol. The van der Waals surface area contributed by atoms with Gasteiger partial charge in [0.05, 0.1) is 5.41 Å². The van der Waals surface area contributed by atoms with Crippen LogP contribution in [0.4, 0.5) is 0 Å². The Balaban J connectivity index is 1.43. The first-order chi connectivity index (χ1) is 14.7. The van der Waals surface area contributed by atoms with Gasteiger partial charge in [-0.1, -0.05) is 57.2 Å². The molecule has 1 spiro atoms. The highest BCUT2D eigenvalue weighted by Crippen LogP contribution is 2.74. The summed E-state index contributed by atoms with van der Waals surface area (Å²) in [5.41, 5.74) is 1.30. The zero-order valence-electron chi connectivity index (χ0n) is 19.3. The van der Waals surface area contributed by atoms with Gasteiger partial charge < -0.3 is 4.74 Å². The minimum Gasteiger partial charge on any atom is -0.460 e. The number of ether oxygens (including phenoxy) is 1. The predicted octanol–water partition coefficient (Wildman–Crippen LogP) is 6.27. The van der Waals surface area contributed by atoms with Gasteiger partial charge in [-0.3, -0.25) is 9.59 Å². The largest absolute Gasteiger partial charge is 0.460 e. The van der Waals surface area contributed by atoms with Crippen LogP contribution in [0.3, 0.4) is 0 Å². The second kappa shape index (κ2) is 6.80. The molecule has 0 heterocycles. The van der Waals surface area contributed by atoms with E-state index in [1.54, 1.807) is 0 Å². The van der Waals surface area contributed by atoms with Gasteiger partial charge in [-0.25, -0.2) is 0 Å². The monoisotopic (exact) mass is 420 g/mol. The Morgan fingerprint density at radius 3 is 2.48 bits per heavy atom. The van der Waals surface area contributed by atoms with E-state index in [0.29, 0.717) is 24.2 Å². The quantitative estimate of drug-likeness (QED) is 0.428. The van der Waals surface area contributed by atoms with E-state index in [4.69, 9.17) is 4.74 Å². The SMILES string of the molecule is C=C1C(=O)[C@@]2(C)CC[C@@H]3[C@]1(CCC1[C@](C)(C(=O)OCc4ccccc4)CCC[C@]13C)C2. The number of hydrogen-bond acceptors (Lipinski definition) is 3. The van der Waals surface area contributed by atoms with Crippen LogP contribution in [0.2, 0.25) is 0 Å². The second-order valence-corrected chi connectivity index (χ2v) is 11.7. The number of ketones is 1. The molecule has 166 valence electrons. The van der Waals surface area contributed by atoms with E-state index in [0.717, 1.165) is 62.5 Å². The molecule has 3 heteroatoms. The molecule has 0 aliphatic heterocycles. The molecule has 3 nitrogen and oxygen atoms in total. The normalized spacial score (nSPS) is 43.8. The van der Waals surface area contributed by atoms with Gasteiger partial charge in [0.1, 0.15) is 6.61 Å². The number of allylic oxidation sites excluding steroid dienone is 1.